The minimum Gasteiger partial charge on any atom is -0.261 e. The number of allylic oxidation sites excluding steroid dienone is 2. The van der Waals surface area contributed by atoms with Gasteiger partial charge in [-0.05, 0) is 79.1 Å². The third-order valence-electron chi connectivity index (χ3n) is 6.31. The first-order valence-corrected chi connectivity index (χ1v) is 12.3. The number of aryl methyl sites for hydroxylation is 4. The molecule has 0 aliphatic rings. The van der Waals surface area contributed by atoms with Crippen LogP contribution in [-0.2, 0) is 19.3 Å². The Morgan fingerprint density at radius 3 is 2.37 bits per heavy atom. The van der Waals surface area contributed by atoms with Crippen LogP contribution in [0.3, 0.4) is 0 Å². The maximum absolute atomic E-state index is 13.2. The molecule has 0 atom stereocenters. The molecule has 0 amide bonds. The van der Waals surface area contributed by atoms with E-state index in [9.17, 15) is 4.39 Å². The lowest BCUT2D eigenvalue weighted by Crippen LogP contribution is -2.01. The van der Waals surface area contributed by atoms with E-state index in [1.807, 2.05) is 55.6 Å². The summed E-state index contributed by atoms with van der Waals surface area (Å²) in [7, 11) is 0. The molecule has 0 saturated carbocycles. The second kappa shape index (κ2) is 12.2. The third kappa shape index (κ3) is 6.10. The van der Waals surface area contributed by atoms with Crippen molar-refractivity contribution in [1.82, 2.24) is 9.97 Å². The summed E-state index contributed by atoms with van der Waals surface area (Å²) in [6.45, 7) is 14.6. The average Bonchev–Trinajstić information content (AvgIpc) is 2.90. The first kappa shape index (κ1) is 26.0. The standard InChI is InChI=1S/C21H25N.C11H10FN/c1-6-15(4)21(18-10-9-13-22-20(18)8-3)19-14-17(7-2)12-11-16(19)5;1-2-8-7-9-5-3-4-6-10(9)13-11(8)12/h6,9-14H,1,7-8H2,2-5H3;3-7H,2H2,1H3/b21-15+;. The van der Waals surface area contributed by atoms with Crippen LogP contribution in [0.5, 0.6) is 0 Å². The highest BCUT2D eigenvalue weighted by Crippen LogP contribution is 2.32. The van der Waals surface area contributed by atoms with E-state index < -0.39 is 0 Å². The Labute approximate surface area is 209 Å². The van der Waals surface area contributed by atoms with Crippen LogP contribution in [0.4, 0.5) is 4.39 Å². The number of nitrogens with zero attached hydrogens (tertiary/aromatic N) is 2. The maximum atomic E-state index is 13.2. The molecule has 0 spiro atoms. The van der Waals surface area contributed by atoms with Gasteiger partial charge in [0.15, 0.2) is 0 Å². The number of fused-ring (bicyclic) bond motifs is 1. The van der Waals surface area contributed by atoms with E-state index in [1.165, 1.54) is 33.4 Å². The third-order valence-corrected chi connectivity index (χ3v) is 6.31. The normalized spacial score (nSPS) is 11.5. The highest BCUT2D eigenvalue weighted by molar-refractivity contribution is 5.85. The molecule has 4 rings (SSSR count). The Balaban J connectivity index is 0.000000223. The molecule has 4 aromatic rings. The summed E-state index contributed by atoms with van der Waals surface area (Å²) in [5.41, 5.74) is 10.2. The minimum atomic E-state index is -0.346. The number of hydrogen-bond acceptors (Lipinski definition) is 2. The first-order chi connectivity index (χ1) is 16.9. The molecule has 35 heavy (non-hydrogen) atoms. The van der Waals surface area contributed by atoms with Crippen molar-refractivity contribution in [1.29, 1.82) is 0 Å². The van der Waals surface area contributed by atoms with Crippen LogP contribution in [0.2, 0.25) is 0 Å². The van der Waals surface area contributed by atoms with Crippen LogP contribution in [0.1, 0.15) is 61.2 Å². The molecular weight excluding hydrogens is 431 g/mol. The summed E-state index contributed by atoms with van der Waals surface area (Å²) in [5, 5.41) is 1.00. The lowest BCUT2D eigenvalue weighted by atomic mass is 9.88. The van der Waals surface area contributed by atoms with Gasteiger partial charge >= 0.3 is 0 Å². The fourth-order valence-corrected chi connectivity index (χ4v) is 4.16. The van der Waals surface area contributed by atoms with E-state index in [0.717, 1.165) is 29.4 Å². The maximum Gasteiger partial charge on any atom is 0.216 e. The van der Waals surface area contributed by atoms with Gasteiger partial charge in [-0.2, -0.15) is 4.39 Å². The van der Waals surface area contributed by atoms with Gasteiger partial charge < -0.3 is 0 Å². The Hall–Kier alpha value is -3.59. The number of hydrogen-bond donors (Lipinski definition) is 0. The molecule has 180 valence electrons. The smallest absolute Gasteiger partial charge is 0.216 e. The van der Waals surface area contributed by atoms with E-state index in [4.69, 9.17) is 0 Å². The second-order valence-electron chi connectivity index (χ2n) is 8.60. The molecule has 0 unspecified atom stereocenters. The predicted molar refractivity (Wildman–Crippen MR) is 147 cm³/mol. The molecule has 3 heteroatoms. The molecule has 0 fully saturated rings. The van der Waals surface area contributed by atoms with Gasteiger partial charge in [-0.3, -0.25) is 4.98 Å². The topological polar surface area (TPSA) is 25.8 Å². The van der Waals surface area contributed by atoms with Crippen LogP contribution in [0, 0.1) is 12.9 Å². The van der Waals surface area contributed by atoms with Crippen molar-refractivity contribution in [2.45, 2.75) is 53.9 Å². The van der Waals surface area contributed by atoms with Crippen molar-refractivity contribution < 1.29 is 4.39 Å². The summed E-state index contributed by atoms with van der Waals surface area (Å²) < 4.78 is 13.2. The van der Waals surface area contributed by atoms with E-state index in [1.54, 1.807) is 0 Å². The number of para-hydroxylation sites is 1. The molecule has 0 N–H and O–H groups in total. The predicted octanol–water partition coefficient (Wildman–Crippen LogP) is 8.46. The van der Waals surface area contributed by atoms with Gasteiger partial charge in [0.2, 0.25) is 5.95 Å². The minimum absolute atomic E-state index is 0.346. The van der Waals surface area contributed by atoms with Gasteiger partial charge in [-0.1, -0.05) is 75.9 Å². The molecule has 0 bridgehead atoms. The van der Waals surface area contributed by atoms with Gasteiger partial charge in [0.05, 0.1) is 5.52 Å². The van der Waals surface area contributed by atoms with E-state index >= 15 is 0 Å². The average molecular weight is 467 g/mol. The summed E-state index contributed by atoms with van der Waals surface area (Å²) in [6.07, 6.45) is 6.47. The number of pyridine rings is 2. The van der Waals surface area contributed by atoms with Crippen LogP contribution < -0.4 is 0 Å². The summed E-state index contributed by atoms with van der Waals surface area (Å²) in [5.74, 6) is -0.346. The van der Waals surface area contributed by atoms with Crippen molar-refractivity contribution in [3.63, 3.8) is 0 Å². The first-order valence-electron chi connectivity index (χ1n) is 12.3. The molecule has 2 heterocycles. The molecule has 0 saturated heterocycles. The monoisotopic (exact) mass is 466 g/mol. The Kier molecular flexibility index (Phi) is 9.08. The fraction of sp³-hybridized carbons (Fsp3) is 0.250. The van der Waals surface area contributed by atoms with Crippen molar-refractivity contribution in [2.75, 3.05) is 0 Å². The SMILES string of the molecule is C=C/C(C)=C(/c1cc(CC)ccc1C)c1cccnc1CC.CCc1cc2ccccc2nc1F. The van der Waals surface area contributed by atoms with E-state index in [0.29, 0.717) is 12.0 Å². The second-order valence-corrected chi connectivity index (χ2v) is 8.60. The zero-order valence-corrected chi connectivity index (χ0v) is 21.5. The molecule has 2 nitrogen and oxygen atoms in total. The fourth-order valence-electron chi connectivity index (χ4n) is 4.16. The highest BCUT2D eigenvalue weighted by atomic mass is 19.1. The van der Waals surface area contributed by atoms with Gasteiger partial charge in [0.1, 0.15) is 0 Å². The van der Waals surface area contributed by atoms with Crippen molar-refractivity contribution in [3.8, 4) is 0 Å². The van der Waals surface area contributed by atoms with E-state index in [-0.39, 0.29) is 5.95 Å². The molecule has 0 aliphatic heterocycles. The van der Waals surface area contributed by atoms with Gasteiger partial charge in [-0.25, -0.2) is 4.98 Å². The van der Waals surface area contributed by atoms with Crippen molar-refractivity contribution >= 4 is 16.5 Å². The number of benzene rings is 2. The Bertz CT molecular complexity index is 1350. The zero-order chi connectivity index (χ0) is 25.4. The van der Waals surface area contributed by atoms with Gasteiger partial charge in [0.25, 0.3) is 0 Å². The van der Waals surface area contributed by atoms with Crippen LogP contribution in [0.25, 0.3) is 16.5 Å². The van der Waals surface area contributed by atoms with Gasteiger partial charge in [0, 0.05) is 28.4 Å². The molecule has 0 aliphatic carbocycles. The van der Waals surface area contributed by atoms with Crippen molar-refractivity contribution in [3.05, 3.63) is 125 Å². The highest BCUT2D eigenvalue weighted by Gasteiger charge is 2.14. The largest absolute Gasteiger partial charge is 0.261 e. The molecule has 2 aromatic carbocycles. The number of aromatic nitrogens is 2. The van der Waals surface area contributed by atoms with E-state index in [2.05, 4.69) is 68.5 Å². The lowest BCUT2D eigenvalue weighted by Gasteiger charge is -2.17. The van der Waals surface area contributed by atoms with Gasteiger partial charge in [-0.15, -0.1) is 0 Å². The molecular formula is C32H35FN2. The zero-order valence-electron chi connectivity index (χ0n) is 21.5. The lowest BCUT2D eigenvalue weighted by molar-refractivity contribution is 0.574. The number of rotatable bonds is 6. The summed E-state index contributed by atoms with van der Waals surface area (Å²) in [4.78, 5) is 8.44. The van der Waals surface area contributed by atoms with Crippen molar-refractivity contribution in [2.24, 2.45) is 0 Å². The summed E-state index contributed by atoms with van der Waals surface area (Å²) in [6, 6.07) is 20.3. The van der Waals surface area contributed by atoms with Crippen LogP contribution in [-0.4, -0.2) is 9.97 Å². The molecule has 2 aromatic heterocycles. The summed E-state index contributed by atoms with van der Waals surface area (Å²) >= 11 is 0. The van der Waals surface area contributed by atoms with Crippen LogP contribution in [0.15, 0.2) is 85.1 Å². The van der Waals surface area contributed by atoms with Crippen LogP contribution >= 0.6 is 0 Å². The quantitative estimate of drug-likeness (QED) is 0.210. The number of halogens is 1. The Morgan fingerprint density at radius 2 is 1.69 bits per heavy atom. The Morgan fingerprint density at radius 1 is 0.914 bits per heavy atom. The molecule has 0 radical (unpaired) electrons.